The smallest absolute Gasteiger partial charge is 0.326 e. The van der Waals surface area contributed by atoms with Gasteiger partial charge >= 0.3 is 11.9 Å². The number of H-pyrrole nitrogens is 1. The summed E-state index contributed by atoms with van der Waals surface area (Å²) in [5, 5.41) is 48.6. The summed E-state index contributed by atoms with van der Waals surface area (Å²) < 4.78 is 0. The van der Waals surface area contributed by atoms with Crippen LogP contribution in [0.3, 0.4) is 0 Å². The molecule has 44 heavy (non-hydrogen) atoms. The molecule has 4 amide bonds. The van der Waals surface area contributed by atoms with Crippen molar-refractivity contribution in [2.45, 2.75) is 76.3 Å². The lowest BCUT2D eigenvalue weighted by atomic mass is 10.0. The zero-order valence-electron chi connectivity index (χ0n) is 24.6. The van der Waals surface area contributed by atoms with Gasteiger partial charge in [-0.1, -0.05) is 32.0 Å². The first-order valence-corrected chi connectivity index (χ1v) is 13.9. The number of aromatic nitrogens is 1. The van der Waals surface area contributed by atoms with Gasteiger partial charge < -0.3 is 52.4 Å². The Labute approximate surface area is 252 Å². The Balaban J connectivity index is 2.19. The van der Waals surface area contributed by atoms with Gasteiger partial charge in [-0.2, -0.15) is 0 Å². The minimum Gasteiger partial charge on any atom is -0.481 e. The molecule has 0 saturated heterocycles. The third-order valence-corrected chi connectivity index (χ3v) is 6.89. The van der Waals surface area contributed by atoms with Crippen molar-refractivity contribution in [2.75, 3.05) is 6.61 Å². The Bertz CT molecular complexity index is 1340. The van der Waals surface area contributed by atoms with E-state index in [0.29, 0.717) is 5.56 Å². The number of carboxylic acids is 2. The minimum absolute atomic E-state index is 0.133. The van der Waals surface area contributed by atoms with Gasteiger partial charge in [0.15, 0.2) is 0 Å². The van der Waals surface area contributed by atoms with Crippen LogP contribution in [0.15, 0.2) is 30.5 Å². The highest BCUT2D eigenvalue weighted by atomic mass is 16.4. The SMILES string of the molecule is CC(C)[C@H](N)C(=O)N[C@@H](CO)C(=O)N[C@H](C(=O)N[C@@H](CCC(=O)O)C(=O)N[C@@H](Cc1c[nH]c2ccccc12)C(=O)O)[C@@H](C)O. The third-order valence-electron chi connectivity index (χ3n) is 6.89. The summed E-state index contributed by atoms with van der Waals surface area (Å²) in [5.41, 5.74) is 7.11. The monoisotopic (exact) mass is 620 g/mol. The van der Waals surface area contributed by atoms with Gasteiger partial charge in [0.1, 0.15) is 24.2 Å². The number of carbonyl (C=O) groups excluding carboxylic acids is 4. The average molecular weight is 621 g/mol. The van der Waals surface area contributed by atoms with Crippen LogP contribution in [0.2, 0.25) is 0 Å². The van der Waals surface area contributed by atoms with Crippen molar-refractivity contribution in [3.05, 3.63) is 36.0 Å². The lowest BCUT2D eigenvalue weighted by Gasteiger charge is -2.27. The molecule has 6 atom stereocenters. The quantitative estimate of drug-likeness (QED) is 0.0919. The summed E-state index contributed by atoms with van der Waals surface area (Å²) in [6.45, 7) is 3.63. The first-order valence-electron chi connectivity index (χ1n) is 13.9. The molecule has 0 spiro atoms. The summed E-state index contributed by atoms with van der Waals surface area (Å²) in [6, 6.07) is -0.148. The van der Waals surface area contributed by atoms with Crippen LogP contribution >= 0.6 is 0 Å². The predicted molar refractivity (Wildman–Crippen MR) is 156 cm³/mol. The van der Waals surface area contributed by atoms with E-state index in [4.69, 9.17) is 10.8 Å². The lowest BCUT2D eigenvalue weighted by Crippen LogP contribution is -2.61. The van der Waals surface area contributed by atoms with E-state index >= 15 is 0 Å². The molecule has 16 heteroatoms. The van der Waals surface area contributed by atoms with Crippen molar-refractivity contribution in [1.82, 2.24) is 26.3 Å². The maximum absolute atomic E-state index is 13.2. The molecule has 0 unspecified atom stereocenters. The number of benzene rings is 1. The van der Waals surface area contributed by atoms with E-state index < -0.39 is 91.3 Å². The lowest BCUT2D eigenvalue weighted by molar-refractivity contribution is -0.143. The van der Waals surface area contributed by atoms with E-state index in [9.17, 15) is 44.1 Å². The van der Waals surface area contributed by atoms with E-state index in [1.54, 1.807) is 44.3 Å². The second-order valence-corrected chi connectivity index (χ2v) is 10.7. The number of para-hydroxylation sites is 1. The topological polar surface area (TPSA) is 273 Å². The number of nitrogens with two attached hydrogens (primary N) is 1. The molecule has 0 bridgehead atoms. The summed E-state index contributed by atoms with van der Waals surface area (Å²) >= 11 is 0. The molecular weight excluding hydrogens is 580 g/mol. The number of aliphatic hydroxyl groups excluding tert-OH is 2. The Morgan fingerprint density at radius 3 is 2.00 bits per heavy atom. The molecule has 0 aliphatic carbocycles. The standard InChI is InChI=1S/C28H40N6O10/c1-13(2)22(29)26(41)33-20(12-35)25(40)34-23(14(3)36)27(42)31-18(8-9-21(37)38)24(39)32-19(28(43)44)10-15-11-30-17-7-5-4-6-16(15)17/h4-7,11,13-14,18-20,22-23,30,35-36H,8-10,12,29H2,1-3H3,(H,31,42)(H,32,39)(H,33,41)(H,34,40)(H,37,38)(H,43,44)/t14-,18+,19+,20+,22+,23+/m1/s1. The van der Waals surface area contributed by atoms with Crippen molar-refractivity contribution in [3.63, 3.8) is 0 Å². The van der Waals surface area contributed by atoms with Crippen LogP contribution in [0, 0.1) is 5.92 Å². The van der Waals surface area contributed by atoms with Gasteiger partial charge in [0, 0.05) is 29.9 Å². The van der Waals surface area contributed by atoms with Crippen LogP contribution in [-0.2, 0) is 35.2 Å². The van der Waals surface area contributed by atoms with Crippen LogP contribution in [0.4, 0.5) is 0 Å². The number of aromatic amines is 1. The molecule has 1 aromatic heterocycles. The van der Waals surface area contributed by atoms with Crippen molar-refractivity contribution in [1.29, 1.82) is 0 Å². The number of hydrogen-bond acceptors (Lipinski definition) is 9. The van der Waals surface area contributed by atoms with Crippen molar-refractivity contribution < 1.29 is 49.2 Å². The first-order chi connectivity index (χ1) is 20.7. The van der Waals surface area contributed by atoms with E-state index in [-0.39, 0.29) is 12.3 Å². The minimum atomic E-state index is -1.71. The maximum atomic E-state index is 13.2. The van der Waals surface area contributed by atoms with E-state index in [2.05, 4.69) is 26.3 Å². The van der Waals surface area contributed by atoms with Crippen molar-refractivity contribution >= 4 is 46.5 Å². The molecule has 0 aliphatic heterocycles. The number of hydrogen-bond donors (Lipinski definition) is 10. The molecule has 2 aromatic rings. The summed E-state index contributed by atoms with van der Waals surface area (Å²) in [5.74, 6) is -6.87. The largest absolute Gasteiger partial charge is 0.481 e. The summed E-state index contributed by atoms with van der Waals surface area (Å²) in [7, 11) is 0. The Morgan fingerprint density at radius 2 is 1.43 bits per heavy atom. The number of aliphatic carboxylic acids is 2. The van der Waals surface area contributed by atoms with Crippen LogP contribution in [0.1, 0.15) is 39.2 Å². The summed E-state index contributed by atoms with van der Waals surface area (Å²) in [4.78, 5) is 77.6. The highest BCUT2D eigenvalue weighted by Gasteiger charge is 2.34. The van der Waals surface area contributed by atoms with Gasteiger partial charge in [-0.05, 0) is 30.9 Å². The molecule has 16 nitrogen and oxygen atoms in total. The third kappa shape index (κ3) is 10.0. The van der Waals surface area contributed by atoms with Gasteiger partial charge in [0.25, 0.3) is 0 Å². The van der Waals surface area contributed by atoms with E-state index in [0.717, 1.165) is 17.8 Å². The Kier molecular flexibility index (Phi) is 13.2. The van der Waals surface area contributed by atoms with Crippen LogP contribution in [0.5, 0.6) is 0 Å². The molecule has 242 valence electrons. The number of carbonyl (C=O) groups is 6. The van der Waals surface area contributed by atoms with Gasteiger partial charge in [0.2, 0.25) is 23.6 Å². The van der Waals surface area contributed by atoms with Crippen molar-refractivity contribution in [2.24, 2.45) is 11.7 Å². The zero-order valence-corrected chi connectivity index (χ0v) is 24.6. The molecule has 0 fully saturated rings. The van der Waals surface area contributed by atoms with Gasteiger partial charge in [-0.3, -0.25) is 24.0 Å². The molecule has 11 N–H and O–H groups in total. The second kappa shape index (κ2) is 16.3. The normalized spacial score (nSPS) is 15.3. The fourth-order valence-corrected chi connectivity index (χ4v) is 4.21. The number of amides is 4. The maximum Gasteiger partial charge on any atom is 0.326 e. The fourth-order valence-electron chi connectivity index (χ4n) is 4.21. The van der Waals surface area contributed by atoms with Crippen molar-refractivity contribution in [3.8, 4) is 0 Å². The molecule has 1 heterocycles. The first kappa shape index (κ1) is 35.7. The van der Waals surface area contributed by atoms with E-state index in [1.807, 2.05) is 0 Å². The molecule has 0 saturated carbocycles. The highest BCUT2D eigenvalue weighted by Crippen LogP contribution is 2.19. The van der Waals surface area contributed by atoms with Gasteiger partial charge in [-0.15, -0.1) is 0 Å². The Hall–Kier alpha value is -4.54. The molecule has 0 radical (unpaired) electrons. The van der Waals surface area contributed by atoms with Gasteiger partial charge in [-0.25, -0.2) is 4.79 Å². The second-order valence-electron chi connectivity index (χ2n) is 10.7. The van der Waals surface area contributed by atoms with Crippen LogP contribution in [0.25, 0.3) is 10.9 Å². The summed E-state index contributed by atoms with van der Waals surface area (Å²) in [6.07, 6.45) is -1.12. The van der Waals surface area contributed by atoms with Crippen LogP contribution < -0.4 is 27.0 Å². The Morgan fingerprint density at radius 1 is 0.841 bits per heavy atom. The average Bonchev–Trinajstić information content (AvgIpc) is 3.37. The molecule has 2 rings (SSSR count). The van der Waals surface area contributed by atoms with Gasteiger partial charge in [0.05, 0.1) is 18.8 Å². The zero-order chi connectivity index (χ0) is 33.1. The molecular formula is C28H40N6O10. The molecule has 1 aromatic carbocycles. The van der Waals surface area contributed by atoms with Crippen LogP contribution in [-0.4, -0.2) is 104 Å². The number of aliphatic hydroxyl groups is 2. The number of carboxylic acid groups (broad SMARTS) is 2. The molecule has 0 aliphatic rings. The fraction of sp³-hybridized carbons (Fsp3) is 0.500. The van der Waals surface area contributed by atoms with E-state index in [1.165, 1.54) is 0 Å². The number of nitrogens with one attached hydrogen (secondary N) is 5. The highest BCUT2D eigenvalue weighted by molar-refractivity contribution is 5.96. The number of rotatable bonds is 17. The predicted octanol–water partition coefficient (Wildman–Crippen LogP) is -2.04. The number of fused-ring (bicyclic) bond motifs is 1.